The van der Waals surface area contributed by atoms with Crippen molar-refractivity contribution >= 4 is 56.7 Å². The number of benzene rings is 4. The van der Waals surface area contributed by atoms with Crippen LogP contribution in [-0.2, 0) is 21.0 Å². The summed E-state index contributed by atoms with van der Waals surface area (Å²) in [5.74, 6) is 0.374. The van der Waals surface area contributed by atoms with E-state index in [9.17, 15) is 14.4 Å². The van der Waals surface area contributed by atoms with E-state index in [0.717, 1.165) is 28.5 Å². The van der Waals surface area contributed by atoms with Gasteiger partial charge in [0.25, 0.3) is 11.8 Å². The van der Waals surface area contributed by atoms with Crippen LogP contribution in [0.25, 0.3) is 6.08 Å². The monoisotopic (exact) mass is 805 g/mol. The van der Waals surface area contributed by atoms with Gasteiger partial charge >= 0.3 is 0 Å². The zero-order valence-electron chi connectivity index (χ0n) is 29.5. The number of allylic oxidation sites excluding steroid dienone is 4. The largest absolute Gasteiger partial charge is 0.493 e. The molecule has 1 N–H and O–H groups in total. The minimum atomic E-state index is -0.744. The van der Waals surface area contributed by atoms with Crippen LogP contribution in [-0.4, -0.2) is 47.4 Å². The van der Waals surface area contributed by atoms with Crippen molar-refractivity contribution in [2.45, 2.75) is 19.6 Å². The number of nitrogens with zero attached hydrogens (tertiary/aromatic N) is 2. The lowest BCUT2D eigenvalue weighted by Crippen LogP contribution is -2.42. The molecule has 4 aromatic carbocycles. The average molecular weight is 807 g/mol. The first-order chi connectivity index (χ1) is 26.3. The van der Waals surface area contributed by atoms with Crippen LogP contribution >= 0.6 is 27.7 Å². The first-order valence-electron chi connectivity index (χ1n) is 16.8. The summed E-state index contributed by atoms with van der Waals surface area (Å²) in [6.45, 7) is 5.89. The van der Waals surface area contributed by atoms with Crippen molar-refractivity contribution in [3.8, 4) is 23.0 Å². The van der Waals surface area contributed by atoms with Crippen LogP contribution < -0.4 is 24.3 Å². The number of aliphatic imine (C=N–C) groups is 1. The predicted molar refractivity (Wildman–Crippen MR) is 213 cm³/mol. The number of fused-ring (bicyclic) bond motifs is 1. The van der Waals surface area contributed by atoms with Crippen molar-refractivity contribution < 1.29 is 33.3 Å². The molecule has 0 aliphatic carbocycles. The Labute approximate surface area is 326 Å². The van der Waals surface area contributed by atoms with Crippen molar-refractivity contribution in [2.75, 3.05) is 19.7 Å². The minimum Gasteiger partial charge on any atom is -0.493 e. The topological polar surface area (TPSA) is 116 Å². The van der Waals surface area contributed by atoms with E-state index in [2.05, 4.69) is 32.8 Å². The Kier molecular flexibility index (Phi) is 12.5. The molecule has 0 bridgehead atoms. The molecule has 12 heteroatoms. The maximum absolute atomic E-state index is 14.2. The lowest BCUT2D eigenvalue weighted by atomic mass is 9.99. The van der Waals surface area contributed by atoms with Gasteiger partial charge in [0.15, 0.2) is 28.2 Å². The highest BCUT2D eigenvalue weighted by atomic mass is 79.9. The summed E-state index contributed by atoms with van der Waals surface area (Å²) in [5.41, 5.74) is 3.45. The SMILES string of the molecule is C=C/C=C\C(=C/C)N1C(=O)/C(=C/c2cc(Br)c(OCc3ccc4c(c3)OCO4)c(OC)c2)C(=O)N=C1SCC(=O)NC(c1ccccc1)c1ccccc1. The van der Waals surface area contributed by atoms with E-state index in [1.165, 1.54) is 18.1 Å². The number of halogens is 1. The number of methoxy groups -OCH3 is 1. The van der Waals surface area contributed by atoms with Crippen molar-refractivity contribution in [3.05, 3.63) is 160 Å². The Morgan fingerprint density at radius 2 is 1.72 bits per heavy atom. The highest BCUT2D eigenvalue weighted by molar-refractivity contribution is 9.10. The molecule has 0 radical (unpaired) electrons. The molecular formula is C42H36BrN3O7S. The Morgan fingerprint density at radius 1 is 1.02 bits per heavy atom. The third-order valence-electron chi connectivity index (χ3n) is 8.30. The van der Waals surface area contributed by atoms with Crippen molar-refractivity contribution in [1.82, 2.24) is 10.2 Å². The van der Waals surface area contributed by atoms with E-state index < -0.39 is 17.9 Å². The van der Waals surface area contributed by atoms with Crippen molar-refractivity contribution in [3.63, 3.8) is 0 Å². The maximum atomic E-state index is 14.2. The number of nitrogens with one attached hydrogen (secondary N) is 1. The number of hydrogen-bond acceptors (Lipinski definition) is 8. The van der Waals surface area contributed by atoms with Gasteiger partial charge in [-0.2, -0.15) is 4.99 Å². The molecule has 3 amide bonds. The molecular weight excluding hydrogens is 770 g/mol. The Morgan fingerprint density at radius 3 is 2.39 bits per heavy atom. The fraction of sp³-hybridized carbons (Fsp3) is 0.143. The van der Waals surface area contributed by atoms with Crippen LogP contribution in [0.2, 0.25) is 0 Å². The van der Waals surface area contributed by atoms with Gasteiger partial charge in [-0.15, -0.1) is 0 Å². The van der Waals surface area contributed by atoms with Crippen LogP contribution in [0.1, 0.15) is 35.2 Å². The minimum absolute atomic E-state index is 0.0705. The van der Waals surface area contributed by atoms with Crippen molar-refractivity contribution in [2.24, 2.45) is 4.99 Å². The van der Waals surface area contributed by atoms with Gasteiger partial charge < -0.3 is 24.3 Å². The number of rotatable bonds is 13. The van der Waals surface area contributed by atoms with E-state index >= 15 is 0 Å². The number of amides is 3. The number of thioether (sulfide) groups is 1. The Balaban J connectivity index is 1.24. The second-order valence-corrected chi connectivity index (χ2v) is 13.6. The van der Waals surface area contributed by atoms with Gasteiger partial charge in [-0.05, 0) is 81.5 Å². The van der Waals surface area contributed by atoms with Crippen LogP contribution in [0.3, 0.4) is 0 Å². The third kappa shape index (κ3) is 8.84. The zero-order valence-corrected chi connectivity index (χ0v) is 31.9. The average Bonchev–Trinajstić information content (AvgIpc) is 3.67. The standard InChI is InChI=1S/C42H36BrN3O7S/c1-4-6-17-31(5-2)46-41(49)32(20-28-21-33(43)39(36(23-28)50-3)51-24-27-18-19-34-35(22-27)53-26-52-34)40(48)45-42(46)54-25-37(47)44-38(29-13-9-7-10-14-29)30-15-11-8-12-16-30/h4-23,38H,1,24-26H2,2-3H3,(H,44,47)/b17-6-,31-5+,32-20+. The molecule has 0 spiro atoms. The fourth-order valence-electron chi connectivity index (χ4n) is 5.71. The zero-order chi connectivity index (χ0) is 38.0. The predicted octanol–water partition coefficient (Wildman–Crippen LogP) is 8.16. The smallest absolute Gasteiger partial charge is 0.285 e. The first-order valence-corrected chi connectivity index (χ1v) is 18.6. The third-order valence-corrected chi connectivity index (χ3v) is 9.82. The summed E-state index contributed by atoms with van der Waals surface area (Å²) in [7, 11) is 1.50. The second-order valence-electron chi connectivity index (χ2n) is 11.8. The van der Waals surface area contributed by atoms with Gasteiger partial charge in [-0.3, -0.25) is 19.3 Å². The number of ether oxygens (including phenoxy) is 4. The number of carbonyl (C=O) groups is 3. The highest BCUT2D eigenvalue weighted by Gasteiger charge is 2.35. The Hall–Kier alpha value is -5.85. The maximum Gasteiger partial charge on any atom is 0.285 e. The molecule has 0 fully saturated rings. The van der Waals surface area contributed by atoms with E-state index in [4.69, 9.17) is 18.9 Å². The highest BCUT2D eigenvalue weighted by Crippen LogP contribution is 2.39. The van der Waals surface area contributed by atoms with Crippen molar-refractivity contribution in [1.29, 1.82) is 0 Å². The van der Waals surface area contributed by atoms with Crippen LogP contribution in [0.15, 0.2) is 143 Å². The second kappa shape index (κ2) is 17.8. The van der Waals surface area contributed by atoms with Gasteiger partial charge in [0.2, 0.25) is 12.7 Å². The summed E-state index contributed by atoms with van der Waals surface area (Å²) >= 11 is 4.56. The molecule has 0 saturated heterocycles. The van der Waals surface area contributed by atoms with Crippen LogP contribution in [0, 0.1) is 0 Å². The molecule has 274 valence electrons. The number of carbonyl (C=O) groups excluding carboxylic acids is 3. The summed E-state index contributed by atoms with van der Waals surface area (Å²) in [4.78, 5) is 46.9. The molecule has 2 aliphatic heterocycles. The normalized spacial score (nSPS) is 14.8. The molecule has 2 heterocycles. The summed E-state index contributed by atoms with van der Waals surface area (Å²) in [6, 6.07) is 27.8. The molecule has 0 saturated carbocycles. The molecule has 0 atom stereocenters. The van der Waals surface area contributed by atoms with Gasteiger partial charge in [0, 0.05) is 5.70 Å². The van der Waals surface area contributed by atoms with Gasteiger partial charge in [-0.1, -0.05) is 103 Å². The van der Waals surface area contributed by atoms with E-state index in [0.29, 0.717) is 38.7 Å². The van der Waals surface area contributed by atoms with E-state index in [1.54, 1.807) is 43.4 Å². The van der Waals surface area contributed by atoms with E-state index in [-0.39, 0.29) is 35.8 Å². The van der Waals surface area contributed by atoms with Crippen LogP contribution in [0.4, 0.5) is 0 Å². The number of hydrogen-bond donors (Lipinski definition) is 1. The lowest BCUT2D eigenvalue weighted by Gasteiger charge is -2.28. The molecule has 6 rings (SSSR count). The molecule has 54 heavy (non-hydrogen) atoms. The first kappa shape index (κ1) is 37.9. The Bertz CT molecular complexity index is 2150. The summed E-state index contributed by atoms with van der Waals surface area (Å²) in [5, 5.41) is 3.17. The number of amidine groups is 1. The molecule has 2 aliphatic rings. The lowest BCUT2D eigenvalue weighted by molar-refractivity contribution is -0.126. The van der Waals surface area contributed by atoms with Gasteiger partial charge in [-0.25, -0.2) is 0 Å². The summed E-state index contributed by atoms with van der Waals surface area (Å²) in [6.07, 6.45) is 8.10. The molecule has 0 aromatic heterocycles. The molecule has 0 unspecified atom stereocenters. The van der Waals surface area contributed by atoms with Gasteiger partial charge in [0.05, 0.1) is 23.4 Å². The quantitative estimate of drug-likeness (QED) is 0.0818. The molecule has 4 aromatic rings. The van der Waals surface area contributed by atoms with Gasteiger partial charge in [0.1, 0.15) is 12.2 Å². The fourth-order valence-corrected chi connectivity index (χ4v) is 7.09. The van der Waals surface area contributed by atoms with E-state index in [1.807, 2.05) is 78.9 Å². The van der Waals surface area contributed by atoms with Crippen LogP contribution in [0.5, 0.6) is 23.0 Å². The summed E-state index contributed by atoms with van der Waals surface area (Å²) < 4.78 is 23.2. The molecule has 10 nitrogen and oxygen atoms in total.